The molecule has 0 bridgehead atoms. The minimum absolute atomic E-state index is 0.00366. The molecule has 0 saturated heterocycles. The molecule has 1 unspecified atom stereocenters. The number of rotatable bonds is 3. The minimum atomic E-state index is -0.124. The smallest absolute Gasteiger partial charge is 0.224 e. The van der Waals surface area contributed by atoms with Gasteiger partial charge in [0.2, 0.25) is 5.91 Å². The van der Waals surface area contributed by atoms with Crippen molar-refractivity contribution in [1.82, 2.24) is 19.9 Å². The van der Waals surface area contributed by atoms with Crippen LogP contribution < -0.4 is 5.32 Å². The van der Waals surface area contributed by atoms with Crippen LogP contribution in [-0.2, 0) is 17.8 Å². The van der Waals surface area contributed by atoms with E-state index in [9.17, 15) is 4.79 Å². The number of halogens is 1. The summed E-state index contributed by atoms with van der Waals surface area (Å²) in [4.78, 5) is 20.8. The Hall–Kier alpha value is -1.88. The molecule has 1 aliphatic rings. The Morgan fingerprint density at radius 2 is 2.33 bits per heavy atom. The lowest BCUT2D eigenvalue weighted by molar-refractivity contribution is -0.126. The van der Waals surface area contributed by atoms with Crippen molar-refractivity contribution in [2.75, 3.05) is 0 Å². The fourth-order valence-corrected chi connectivity index (χ4v) is 2.75. The van der Waals surface area contributed by atoms with Gasteiger partial charge in [0.05, 0.1) is 23.1 Å². The molecule has 2 aromatic rings. The molecule has 110 valence electrons. The second kappa shape index (κ2) is 5.85. The second-order valence-corrected chi connectivity index (χ2v) is 5.84. The number of nitrogens with one attached hydrogen (secondary N) is 1. The average Bonchev–Trinajstić information content (AvgIpc) is 2.95. The van der Waals surface area contributed by atoms with Crippen molar-refractivity contribution < 1.29 is 4.79 Å². The first-order valence-electron chi connectivity index (χ1n) is 7.04. The number of imidazole rings is 1. The SMILES string of the molecule is C[C@H](NC(=O)C1CCn2cncc2C1)c1ccc(Cl)cn1. The molecule has 3 heterocycles. The van der Waals surface area contributed by atoms with Crippen LogP contribution in [0.5, 0.6) is 0 Å². The molecule has 0 spiro atoms. The maximum absolute atomic E-state index is 12.4. The lowest BCUT2D eigenvalue weighted by Gasteiger charge is -2.24. The molecule has 2 aromatic heterocycles. The van der Waals surface area contributed by atoms with E-state index < -0.39 is 0 Å². The number of aryl methyl sites for hydroxylation is 1. The van der Waals surface area contributed by atoms with Gasteiger partial charge in [0, 0.05) is 37.0 Å². The largest absolute Gasteiger partial charge is 0.348 e. The minimum Gasteiger partial charge on any atom is -0.348 e. The third-order valence-electron chi connectivity index (χ3n) is 3.90. The number of carbonyl (C=O) groups excluding carboxylic acids is 1. The van der Waals surface area contributed by atoms with Crippen LogP contribution in [-0.4, -0.2) is 20.4 Å². The monoisotopic (exact) mass is 304 g/mol. The van der Waals surface area contributed by atoms with Gasteiger partial charge in [-0.1, -0.05) is 11.6 Å². The van der Waals surface area contributed by atoms with Gasteiger partial charge in [-0.05, 0) is 25.5 Å². The van der Waals surface area contributed by atoms with E-state index in [1.165, 1.54) is 0 Å². The molecule has 1 N–H and O–H groups in total. The molecule has 0 aliphatic carbocycles. The number of pyridine rings is 1. The molecule has 5 nitrogen and oxygen atoms in total. The molecule has 0 saturated carbocycles. The molecule has 3 rings (SSSR count). The van der Waals surface area contributed by atoms with Gasteiger partial charge in [-0.2, -0.15) is 0 Å². The van der Waals surface area contributed by atoms with Gasteiger partial charge in [0.1, 0.15) is 0 Å². The molecule has 0 fully saturated rings. The molecule has 21 heavy (non-hydrogen) atoms. The zero-order chi connectivity index (χ0) is 14.8. The van der Waals surface area contributed by atoms with E-state index in [2.05, 4.69) is 19.9 Å². The molecule has 0 aromatic carbocycles. The number of hydrogen-bond acceptors (Lipinski definition) is 3. The Bertz CT molecular complexity index is 637. The van der Waals surface area contributed by atoms with E-state index in [0.717, 1.165) is 30.8 Å². The van der Waals surface area contributed by atoms with Crippen molar-refractivity contribution in [2.24, 2.45) is 5.92 Å². The van der Waals surface area contributed by atoms with Crippen molar-refractivity contribution in [3.05, 3.63) is 47.3 Å². The van der Waals surface area contributed by atoms with E-state index in [4.69, 9.17) is 11.6 Å². The summed E-state index contributed by atoms with van der Waals surface area (Å²) in [6.07, 6.45) is 6.84. The first-order valence-corrected chi connectivity index (χ1v) is 7.42. The van der Waals surface area contributed by atoms with Crippen LogP contribution in [0.1, 0.15) is 30.8 Å². The fraction of sp³-hybridized carbons (Fsp3) is 0.400. The van der Waals surface area contributed by atoms with Crippen molar-refractivity contribution >= 4 is 17.5 Å². The van der Waals surface area contributed by atoms with Crippen LogP contribution in [0.2, 0.25) is 5.02 Å². The quantitative estimate of drug-likeness (QED) is 0.947. The van der Waals surface area contributed by atoms with Gasteiger partial charge in [-0.3, -0.25) is 9.78 Å². The molecule has 1 amide bonds. The van der Waals surface area contributed by atoms with Crippen molar-refractivity contribution in [3.8, 4) is 0 Å². The Morgan fingerprint density at radius 3 is 3.10 bits per heavy atom. The Labute approximate surface area is 128 Å². The molecule has 1 aliphatic heterocycles. The standard InChI is InChI=1S/C15H17ClN4O/c1-10(14-3-2-12(16)7-18-14)19-15(21)11-4-5-20-9-17-8-13(20)6-11/h2-3,7-11H,4-6H2,1H3,(H,19,21)/t10-,11?/m0/s1. The predicted molar refractivity (Wildman–Crippen MR) is 79.8 cm³/mol. The van der Waals surface area contributed by atoms with Gasteiger partial charge in [-0.25, -0.2) is 4.98 Å². The van der Waals surface area contributed by atoms with Crippen molar-refractivity contribution in [1.29, 1.82) is 0 Å². The number of nitrogens with zero attached hydrogens (tertiary/aromatic N) is 3. The second-order valence-electron chi connectivity index (χ2n) is 5.40. The zero-order valence-corrected chi connectivity index (χ0v) is 12.5. The van der Waals surface area contributed by atoms with Crippen LogP contribution in [0.25, 0.3) is 0 Å². The summed E-state index contributed by atoms with van der Waals surface area (Å²) in [7, 11) is 0. The Morgan fingerprint density at radius 1 is 1.48 bits per heavy atom. The highest BCUT2D eigenvalue weighted by Gasteiger charge is 2.26. The third-order valence-corrected chi connectivity index (χ3v) is 4.12. The van der Waals surface area contributed by atoms with Crippen LogP contribution in [0, 0.1) is 5.92 Å². The van der Waals surface area contributed by atoms with E-state index in [-0.39, 0.29) is 17.9 Å². The van der Waals surface area contributed by atoms with Gasteiger partial charge in [0.15, 0.2) is 0 Å². The van der Waals surface area contributed by atoms with E-state index in [1.54, 1.807) is 12.3 Å². The molecular formula is C15H17ClN4O. The first kappa shape index (κ1) is 14.1. The third kappa shape index (κ3) is 3.08. The number of aromatic nitrogens is 3. The maximum Gasteiger partial charge on any atom is 0.224 e. The molecular weight excluding hydrogens is 288 g/mol. The normalized spacial score (nSPS) is 18.9. The summed E-state index contributed by atoms with van der Waals surface area (Å²) < 4.78 is 2.11. The van der Waals surface area contributed by atoms with Gasteiger partial charge >= 0.3 is 0 Å². The van der Waals surface area contributed by atoms with Crippen LogP contribution in [0.4, 0.5) is 0 Å². The Kier molecular flexibility index (Phi) is 3.92. The lowest BCUT2D eigenvalue weighted by atomic mass is 9.95. The summed E-state index contributed by atoms with van der Waals surface area (Å²) in [5.41, 5.74) is 1.94. The van der Waals surface area contributed by atoms with Gasteiger partial charge < -0.3 is 9.88 Å². The van der Waals surface area contributed by atoms with Gasteiger partial charge in [0.25, 0.3) is 0 Å². The number of fused-ring (bicyclic) bond motifs is 1. The summed E-state index contributed by atoms with van der Waals surface area (Å²) >= 11 is 5.82. The fourth-order valence-electron chi connectivity index (χ4n) is 2.64. The first-order chi connectivity index (χ1) is 10.1. The Balaban J connectivity index is 1.63. The number of carbonyl (C=O) groups is 1. The number of hydrogen-bond donors (Lipinski definition) is 1. The van der Waals surface area contributed by atoms with E-state index >= 15 is 0 Å². The predicted octanol–water partition coefficient (Wildman–Crippen LogP) is 2.37. The molecule has 2 atom stereocenters. The van der Waals surface area contributed by atoms with Crippen LogP contribution in [0.15, 0.2) is 30.9 Å². The molecule has 6 heteroatoms. The van der Waals surface area contributed by atoms with Crippen molar-refractivity contribution in [2.45, 2.75) is 32.4 Å². The van der Waals surface area contributed by atoms with Crippen LogP contribution in [0.3, 0.4) is 0 Å². The summed E-state index contributed by atoms with van der Waals surface area (Å²) in [5, 5.41) is 3.63. The number of amides is 1. The maximum atomic E-state index is 12.4. The summed E-state index contributed by atoms with van der Waals surface area (Å²) in [5.74, 6) is 0.0793. The lowest BCUT2D eigenvalue weighted by Crippen LogP contribution is -2.36. The highest BCUT2D eigenvalue weighted by molar-refractivity contribution is 6.30. The summed E-state index contributed by atoms with van der Waals surface area (Å²) in [6.45, 7) is 2.78. The zero-order valence-electron chi connectivity index (χ0n) is 11.8. The van der Waals surface area contributed by atoms with E-state index in [0.29, 0.717) is 5.02 Å². The van der Waals surface area contributed by atoms with Crippen molar-refractivity contribution in [3.63, 3.8) is 0 Å². The highest BCUT2D eigenvalue weighted by atomic mass is 35.5. The van der Waals surface area contributed by atoms with Gasteiger partial charge in [-0.15, -0.1) is 0 Å². The molecule has 0 radical (unpaired) electrons. The highest BCUT2D eigenvalue weighted by Crippen LogP contribution is 2.21. The van der Waals surface area contributed by atoms with E-state index in [1.807, 2.05) is 25.5 Å². The summed E-state index contributed by atoms with van der Waals surface area (Å²) in [6, 6.07) is 3.50. The van der Waals surface area contributed by atoms with Crippen LogP contribution >= 0.6 is 11.6 Å². The average molecular weight is 305 g/mol. The topological polar surface area (TPSA) is 59.8 Å².